The fourth-order valence-corrected chi connectivity index (χ4v) is 1.58. The monoisotopic (exact) mass is 277 g/mol. The average molecular weight is 277 g/mol. The molecule has 20 heavy (non-hydrogen) atoms. The number of aromatic nitrogens is 4. The molecule has 2 aromatic rings. The molecular formula is C12H15N5O3. The quantitative estimate of drug-likeness (QED) is 0.830. The summed E-state index contributed by atoms with van der Waals surface area (Å²) in [5, 5.41) is 15.6. The van der Waals surface area contributed by atoms with Gasteiger partial charge in [-0.3, -0.25) is 9.59 Å². The second-order valence-corrected chi connectivity index (χ2v) is 5.10. The number of nitrogens with one attached hydrogen (secondary N) is 1. The molecule has 0 unspecified atom stereocenters. The Bertz CT molecular complexity index is 677. The number of carboxylic acids is 1. The summed E-state index contributed by atoms with van der Waals surface area (Å²) in [5.74, 6) is -0.953. The van der Waals surface area contributed by atoms with Crippen molar-refractivity contribution < 1.29 is 14.7 Å². The molecule has 2 rings (SSSR count). The van der Waals surface area contributed by atoms with Crippen LogP contribution < -0.4 is 5.32 Å². The third-order valence-electron chi connectivity index (χ3n) is 3.06. The minimum Gasteiger partial charge on any atom is -0.481 e. The first-order valence-corrected chi connectivity index (χ1v) is 6.00. The van der Waals surface area contributed by atoms with Gasteiger partial charge in [0, 0.05) is 12.7 Å². The van der Waals surface area contributed by atoms with Crippen LogP contribution in [-0.4, -0.2) is 43.1 Å². The van der Waals surface area contributed by atoms with E-state index < -0.39 is 11.4 Å². The number of amides is 1. The molecular weight excluding hydrogens is 262 g/mol. The lowest BCUT2D eigenvalue weighted by Crippen LogP contribution is -2.39. The number of hydrogen-bond donors (Lipinski definition) is 2. The van der Waals surface area contributed by atoms with Crippen molar-refractivity contribution in [3.63, 3.8) is 0 Å². The van der Waals surface area contributed by atoms with Crippen molar-refractivity contribution in [2.24, 2.45) is 5.41 Å². The number of carbonyl (C=O) groups is 2. The molecule has 0 fully saturated rings. The van der Waals surface area contributed by atoms with Crippen molar-refractivity contribution in [2.45, 2.75) is 20.8 Å². The number of nitrogens with zero attached hydrogens (tertiary/aromatic N) is 4. The van der Waals surface area contributed by atoms with Gasteiger partial charge in [-0.05, 0) is 20.8 Å². The number of carbonyl (C=O) groups excluding carboxylic acids is 1. The van der Waals surface area contributed by atoms with Crippen LogP contribution in [0.4, 0.5) is 0 Å². The summed E-state index contributed by atoms with van der Waals surface area (Å²) in [5.41, 5.74) is -0.101. The molecule has 0 aliphatic rings. The third-order valence-corrected chi connectivity index (χ3v) is 3.06. The van der Waals surface area contributed by atoms with Crippen molar-refractivity contribution in [3.8, 4) is 0 Å². The summed E-state index contributed by atoms with van der Waals surface area (Å²) in [4.78, 5) is 31.0. The van der Waals surface area contributed by atoms with Crippen LogP contribution >= 0.6 is 0 Å². The van der Waals surface area contributed by atoms with Crippen LogP contribution in [0.1, 0.15) is 29.9 Å². The first-order valence-electron chi connectivity index (χ1n) is 6.00. The lowest BCUT2D eigenvalue weighted by Gasteiger charge is -2.19. The van der Waals surface area contributed by atoms with E-state index >= 15 is 0 Å². The summed E-state index contributed by atoms with van der Waals surface area (Å²) in [6, 6.07) is 0. The van der Waals surface area contributed by atoms with Crippen LogP contribution in [0.5, 0.6) is 0 Å². The Morgan fingerprint density at radius 2 is 2.10 bits per heavy atom. The number of carboxylic acid groups (broad SMARTS) is 1. The van der Waals surface area contributed by atoms with Crippen molar-refractivity contribution in [1.82, 2.24) is 24.9 Å². The molecule has 0 radical (unpaired) electrons. The second-order valence-electron chi connectivity index (χ2n) is 5.10. The fraction of sp³-hybridized carbons (Fsp3) is 0.417. The highest BCUT2D eigenvalue weighted by Crippen LogP contribution is 2.14. The maximum absolute atomic E-state index is 12.1. The number of fused-ring (bicyclic) bond motifs is 1. The van der Waals surface area contributed by atoms with Gasteiger partial charge >= 0.3 is 5.97 Å². The molecule has 0 saturated carbocycles. The first kappa shape index (κ1) is 13.9. The Balaban J connectivity index is 2.20. The summed E-state index contributed by atoms with van der Waals surface area (Å²) in [7, 11) is 0. The highest BCUT2D eigenvalue weighted by atomic mass is 16.4. The van der Waals surface area contributed by atoms with Gasteiger partial charge < -0.3 is 10.4 Å². The summed E-state index contributed by atoms with van der Waals surface area (Å²) < 4.78 is 1.46. The average Bonchev–Trinajstić information content (AvgIpc) is 2.85. The molecule has 8 nitrogen and oxygen atoms in total. The lowest BCUT2D eigenvalue weighted by molar-refractivity contribution is -0.146. The summed E-state index contributed by atoms with van der Waals surface area (Å²) >= 11 is 0. The van der Waals surface area contributed by atoms with Crippen molar-refractivity contribution in [3.05, 3.63) is 23.8 Å². The van der Waals surface area contributed by atoms with Crippen LogP contribution in [0, 0.1) is 12.3 Å². The highest BCUT2D eigenvalue weighted by Gasteiger charge is 2.28. The Hall–Kier alpha value is -2.51. The van der Waals surface area contributed by atoms with E-state index in [1.54, 1.807) is 20.8 Å². The fourth-order valence-electron chi connectivity index (χ4n) is 1.58. The van der Waals surface area contributed by atoms with E-state index in [2.05, 4.69) is 20.4 Å². The van der Waals surface area contributed by atoms with Gasteiger partial charge in [-0.25, -0.2) is 9.50 Å². The predicted molar refractivity (Wildman–Crippen MR) is 69.3 cm³/mol. The van der Waals surface area contributed by atoms with E-state index in [0.29, 0.717) is 17.0 Å². The zero-order valence-electron chi connectivity index (χ0n) is 11.4. The molecule has 2 aromatic heterocycles. The van der Waals surface area contributed by atoms with Gasteiger partial charge in [0.2, 0.25) is 0 Å². The largest absolute Gasteiger partial charge is 0.481 e. The van der Waals surface area contributed by atoms with Gasteiger partial charge in [0.25, 0.3) is 11.7 Å². The highest BCUT2D eigenvalue weighted by molar-refractivity contribution is 5.95. The van der Waals surface area contributed by atoms with Crippen molar-refractivity contribution >= 4 is 17.7 Å². The SMILES string of the molecule is Cc1c(C(=O)NCC(C)(C)C(=O)O)cnc2ncnn12. The van der Waals surface area contributed by atoms with Gasteiger partial charge in [-0.2, -0.15) is 10.1 Å². The molecule has 0 saturated heterocycles. The minimum absolute atomic E-state index is 0.0238. The molecule has 2 N–H and O–H groups in total. The van der Waals surface area contributed by atoms with Gasteiger partial charge in [-0.15, -0.1) is 0 Å². The van der Waals surface area contributed by atoms with Gasteiger partial charge in [0.1, 0.15) is 6.33 Å². The molecule has 0 aliphatic heterocycles. The second kappa shape index (κ2) is 4.87. The zero-order chi connectivity index (χ0) is 14.9. The van der Waals surface area contributed by atoms with Crippen molar-refractivity contribution in [2.75, 3.05) is 6.54 Å². The van der Waals surface area contributed by atoms with Crippen LogP contribution in [0.3, 0.4) is 0 Å². The van der Waals surface area contributed by atoms with Crippen LogP contribution in [-0.2, 0) is 4.79 Å². The molecule has 0 aromatic carbocycles. The van der Waals surface area contributed by atoms with Crippen LogP contribution in [0.15, 0.2) is 12.5 Å². The predicted octanol–water partition coefficient (Wildman–Crippen LogP) is 0.273. The lowest BCUT2D eigenvalue weighted by atomic mass is 9.94. The minimum atomic E-state index is -1.03. The van der Waals surface area contributed by atoms with E-state index in [1.807, 2.05) is 0 Å². The van der Waals surface area contributed by atoms with E-state index in [9.17, 15) is 9.59 Å². The van der Waals surface area contributed by atoms with Crippen molar-refractivity contribution in [1.29, 1.82) is 0 Å². The summed E-state index contributed by atoms with van der Waals surface area (Å²) in [6.07, 6.45) is 2.76. The third kappa shape index (κ3) is 2.44. The van der Waals surface area contributed by atoms with E-state index in [0.717, 1.165) is 0 Å². The molecule has 106 valence electrons. The molecule has 2 heterocycles. The Kier molecular flexibility index (Phi) is 3.39. The Morgan fingerprint density at radius 3 is 2.75 bits per heavy atom. The first-order chi connectivity index (χ1) is 9.33. The molecule has 0 bridgehead atoms. The molecule has 0 spiro atoms. The number of aryl methyl sites for hydroxylation is 1. The van der Waals surface area contributed by atoms with Crippen LogP contribution in [0.2, 0.25) is 0 Å². The molecule has 0 atom stereocenters. The maximum atomic E-state index is 12.1. The van der Waals surface area contributed by atoms with Gasteiger partial charge in [0.15, 0.2) is 0 Å². The Morgan fingerprint density at radius 1 is 1.40 bits per heavy atom. The zero-order valence-corrected chi connectivity index (χ0v) is 11.4. The van der Waals surface area contributed by atoms with E-state index in [-0.39, 0.29) is 12.5 Å². The number of aliphatic carboxylic acids is 1. The topological polar surface area (TPSA) is 109 Å². The van der Waals surface area contributed by atoms with E-state index in [1.165, 1.54) is 17.0 Å². The number of hydrogen-bond acceptors (Lipinski definition) is 5. The molecule has 1 amide bonds. The Labute approximate surface area is 114 Å². The van der Waals surface area contributed by atoms with Gasteiger partial charge in [-0.1, -0.05) is 0 Å². The standard InChI is InChI=1S/C12H15N5O3/c1-7-8(4-13-11-15-6-16-17(7)11)9(18)14-5-12(2,3)10(19)20/h4,6H,5H2,1-3H3,(H,14,18)(H,19,20). The van der Waals surface area contributed by atoms with Crippen LogP contribution in [0.25, 0.3) is 5.78 Å². The molecule has 8 heteroatoms. The van der Waals surface area contributed by atoms with E-state index in [4.69, 9.17) is 5.11 Å². The number of rotatable bonds is 4. The molecule has 0 aliphatic carbocycles. The smallest absolute Gasteiger partial charge is 0.310 e. The van der Waals surface area contributed by atoms with Gasteiger partial charge in [0.05, 0.1) is 16.7 Å². The normalized spacial score (nSPS) is 11.6. The summed E-state index contributed by atoms with van der Waals surface area (Å²) in [6.45, 7) is 4.83. The maximum Gasteiger partial charge on any atom is 0.310 e.